The molecular weight excluding hydrogens is 194 g/mol. The lowest BCUT2D eigenvalue weighted by molar-refractivity contribution is 0.0951. The molecule has 1 heterocycles. The zero-order valence-corrected chi connectivity index (χ0v) is 8.95. The summed E-state index contributed by atoms with van der Waals surface area (Å²) in [5.74, 6) is 0.549. The highest BCUT2D eigenvalue weighted by Crippen LogP contribution is 2.08. The van der Waals surface area contributed by atoms with Gasteiger partial charge in [-0.05, 0) is 32.3 Å². The zero-order chi connectivity index (χ0) is 11.1. The van der Waals surface area contributed by atoms with Gasteiger partial charge in [0.1, 0.15) is 5.76 Å². The molecule has 0 saturated carbocycles. The average molecular weight is 211 g/mol. The molecule has 1 aromatic rings. The second kappa shape index (κ2) is 6.24. The van der Waals surface area contributed by atoms with Crippen molar-refractivity contribution in [3.8, 4) is 0 Å². The van der Waals surface area contributed by atoms with Crippen molar-refractivity contribution in [2.45, 2.75) is 26.2 Å². The van der Waals surface area contributed by atoms with Crippen LogP contribution in [0.2, 0.25) is 0 Å². The van der Waals surface area contributed by atoms with E-state index in [1.54, 1.807) is 13.0 Å². The number of nitrogens with one attached hydrogen (secondary N) is 1. The number of aliphatic hydroxyl groups is 1. The number of hydrogen-bond acceptors (Lipinski definition) is 3. The van der Waals surface area contributed by atoms with E-state index in [-0.39, 0.29) is 12.5 Å². The lowest BCUT2D eigenvalue weighted by Crippen LogP contribution is -2.24. The van der Waals surface area contributed by atoms with E-state index in [0.717, 1.165) is 19.3 Å². The highest BCUT2D eigenvalue weighted by Gasteiger charge is 2.09. The predicted octanol–water partition coefficient (Wildman–Crippen LogP) is 1.48. The number of amides is 1. The minimum absolute atomic E-state index is 0.0924. The van der Waals surface area contributed by atoms with Gasteiger partial charge in [-0.1, -0.05) is 0 Å². The van der Waals surface area contributed by atoms with E-state index in [0.29, 0.717) is 17.9 Å². The second-order valence-electron chi connectivity index (χ2n) is 3.43. The Hall–Kier alpha value is -1.29. The summed E-state index contributed by atoms with van der Waals surface area (Å²) in [5.41, 5.74) is 0.595. The zero-order valence-electron chi connectivity index (χ0n) is 8.95. The Morgan fingerprint density at radius 3 is 2.87 bits per heavy atom. The highest BCUT2D eigenvalue weighted by atomic mass is 16.3. The van der Waals surface area contributed by atoms with E-state index < -0.39 is 0 Å². The van der Waals surface area contributed by atoms with Crippen molar-refractivity contribution in [2.75, 3.05) is 13.2 Å². The Balaban J connectivity index is 2.22. The van der Waals surface area contributed by atoms with Crippen LogP contribution in [0.1, 0.15) is 35.4 Å². The van der Waals surface area contributed by atoms with Crippen molar-refractivity contribution in [1.29, 1.82) is 0 Å². The molecule has 84 valence electrons. The topological polar surface area (TPSA) is 62.5 Å². The van der Waals surface area contributed by atoms with Crippen LogP contribution >= 0.6 is 0 Å². The Labute approximate surface area is 89.3 Å². The molecule has 4 nitrogen and oxygen atoms in total. The molecule has 0 spiro atoms. The van der Waals surface area contributed by atoms with Crippen LogP contribution in [0, 0.1) is 6.92 Å². The molecule has 4 heteroatoms. The maximum Gasteiger partial charge on any atom is 0.254 e. The lowest BCUT2D eigenvalue weighted by atomic mass is 10.2. The number of rotatable bonds is 6. The van der Waals surface area contributed by atoms with E-state index >= 15 is 0 Å². The molecule has 1 rings (SSSR count). The fraction of sp³-hybridized carbons (Fsp3) is 0.545. The van der Waals surface area contributed by atoms with Crippen LogP contribution in [0.25, 0.3) is 0 Å². The molecule has 0 aliphatic rings. The van der Waals surface area contributed by atoms with Crippen LogP contribution in [0.15, 0.2) is 16.7 Å². The Morgan fingerprint density at radius 2 is 2.27 bits per heavy atom. The molecule has 0 radical (unpaired) electrons. The molecule has 0 aliphatic carbocycles. The smallest absolute Gasteiger partial charge is 0.254 e. The Morgan fingerprint density at radius 1 is 1.47 bits per heavy atom. The third-order valence-corrected chi connectivity index (χ3v) is 2.22. The maximum atomic E-state index is 11.5. The first kappa shape index (κ1) is 11.8. The van der Waals surface area contributed by atoms with Gasteiger partial charge in [0, 0.05) is 13.2 Å². The van der Waals surface area contributed by atoms with Gasteiger partial charge in [-0.25, -0.2) is 0 Å². The second-order valence-corrected chi connectivity index (χ2v) is 3.43. The van der Waals surface area contributed by atoms with Crippen LogP contribution in [-0.2, 0) is 0 Å². The van der Waals surface area contributed by atoms with Gasteiger partial charge in [0.05, 0.1) is 11.8 Å². The van der Waals surface area contributed by atoms with E-state index in [4.69, 9.17) is 9.52 Å². The van der Waals surface area contributed by atoms with Crippen LogP contribution in [0.3, 0.4) is 0 Å². The van der Waals surface area contributed by atoms with E-state index in [2.05, 4.69) is 5.32 Å². The summed E-state index contributed by atoms with van der Waals surface area (Å²) in [6.07, 6.45) is 4.13. The van der Waals surface area contributed by atoms with Crippen LogP contribution < -0.4 is 5.32 Å². The van der Waals surface area contributed by atoms with E-state index in [1.807, 2.05) is 0 Å². The number of carbonyl (C=O) groups excluding carboxylic acids is 1. The van der Waals surface area contributed by atoms with Crippen molar-refractivity contribution in [1.82, 2.24) is 5.32 Å². The monoisotopic (exact) mass is 211 g/mol. The van der Waals surface area contributed by atoms with Gasteiger partial charge in [0.2, 0.25) is 0 Å². The SMILES string of the molecule is Cc1occc1C(=O)NCCCCCO. The van der Waals surface area contributed by atoms with Crippen LogP contribution in [0.4, 0.5) is 0 Å². The predicted molar refractivity (Wildman–Crippen MR) is 56.7 cm³/mol. The molecule has 2 N–H and O–H groups in total. The van der Waals surface area contributed by atoms with E-state index in [9.17, 15) is 4.79 Å². The van der Waals surface area contributed by atoms with Gasteiger partial charge < -0.3 is 14.8 Å². The van der Waals surface area contributed by atoms with Gasteiger partial charge >= 0.3 is 0 Å². The normalized spacial score (nSPS) is 10.3. The Bertz CT molecular complexity index is 307. The molecule has 0 saturated heterocycles. The fourth-order valence-corrected chi connectivity index (χ4v) is 1.33. The first-order chi connectivity index (χ1) is 7.25. The molecule has 1 amide bonds. The van der Waals surface area contributed by atoms with Crippen molar-refractivity contribution < 1.29 is 14.3 Å². The number of aryl methyl sites for hydroxylation is 1. The molecule has 1 aromatic heterocycles. The number of aliphatic hydroxyl groups excluding tert-OH is 1. The summed E-state index contributed by atoms with van der Waals surface area (Å²) in [7, 11) is 0. The van der Waals surface area contributed by atoms with Crippen molar-refractivity contribution >= 4 is 5.91 Å². The first-order valence-electron chi connectivity index (χ1n) is 5.19. The third kappa shape index (κ3) is 3.75. The molecule has 0 bridgehead atoms. The number of hydrogen-bond donors (Lipinski definition) is 2. The highest BCUT2D eigenvalue weighted by molar-refractivity contribution is 5.94. The molecule has 0 fully saturated rings. The van der Waals surface area contributed by atoms with Crippen LogP contribution in [-0.4, -0.2) is 24.2 Å². The average Bonchev–Trinajstić information content (AvgIpc) is 2.64. The fourth-order valence-electron chi connectivity index (χ4n) is 1.33. The quantitative estimate of drug-likeness (QED) is 0.700. The Kier molecular flexibility index (Phi) is 4.90. The summed E-state index contributed by atoms with van der Waals surface area (Å²) in [4.78, 5) is 11.5. The van der Waals surface area contributed by atoms with Crippen molar-refractivity contribution in [3.05, 3.63) is 23.7 Å². The molecule has 0 unspecified atom stereocenters. The van der Waals surface area contributed by atoms with Gasteiger partial charge in [-0.2, -0.15) is 0 Å². The largest absolute Gasteiger partial charge is 0.469 e. The molecule has 0 atom stereocenters. The van der Waals surface area contributed by atoms with E-state index in [1.165, 1.54) is 6.26 Å². The molecular formula is C11H17NO3. The molecule has 0 aromatic carbocycles. The van der Waals surface area contributed by atoms with Gasteiger partial charge in [0.25, 0.3) is 5.91 Å². The summed E-state index contributed by atoms with van der Waals surface area (Å²) in [6.45, 7) is 2.62. The molecule has 0 aliphatic heterocycles. The van der Waals surface area contributed by atoms with Crippen LogP contribution in [0.5, 0.6) is 0 Å². The number of furan rings is 1. The third-order valence-electron chi connectivity index (χ3n) is 2.22. The standard InChI is InChI=1S/C11H17NO3/c1-9-10(5-8-15-9)11(14)12-6-3-2-4-7-13/h5,8,13H,2-4,6-7H2,1H3,(H,12,14). The van der Waals surface area contributed by atoms with Crippen molar-refractivity contribution in [3.63, 3.8) is 0 Å². The number of carbonyl (C=O) groups is 1. The van der Waals surface area contributed by atoms with Gasteiger partial charge in [0.15, 0.2) is 0 Å². The summed E-state index contributed by atoms with van der Waals surface area (Å²) < 4.78 is 5.04. The maximum absolute atomic E-state index is 11.5. The lowest BCUT2D eigenvalue weighted by Gasteiger charge is -2.03. The number of unbranched alkanes of at least 4 members (excludes halogenated alkanes) is 2. The summed E-state index contributed by atoms with van der Waals surface area (Å²) in [5, 5.41) is 11.4. The molecule has 15 heavy (non-hydrogen) atoms. The first-order valence-corrected chi connectivity index (χ1v) is 5.19. The summed E-state index contributed by atoms with van der Waals surface area (Å²) in [6, 6.07) is 1.67. The van der Waals surface area contributed by atoms with Gasteiger partial charge in [-0.3, -0.25) is 4.79 Å². The minimum atomic E-state index is -0.0924. The minimum Gasteiger partial charge on any atom is -0.469 e. The summed E-state index contributed by atoms with van der Waals surface area (Å²) >= 11 is 0. The van der Waals surface area contributed by atoms with Gasteiger partial charge in [-0.15, -0.1) is 0 Å². The van der Waals surface area contributed by atoms with Crippen molar-refractivity contribution in [2.24, 2.45) is 0 Å².